The van der Waals surface area contributed by atoms with Gasteiger partial charge in [0.05, 0.1) is 11.4 Å². The number of likely N-dealkylation sites (tertiary alicyclic amines) is 1. The quantitative estimate of drug-likeness (QED) is 0.760. The Morgan fingerprint density at radius 2 is 2.00 bits per heavy atom. The summed E-state index contributed by atoms with van der Waals surface area (Å²) in [6.07, 6.45) is 3.04. The molecule has 2 aliphatic heterocycles. The predicted octanol–water partition coefficient (Wildman–Crippen LogP) is 4.11. The largest absolute Gasteiger partial charge is 0.297 e. The Kier molecular flexibility index (Phi) is 6.48. The Balaban J connectivity index is 1.43. The van der Waals surface area contributed by atoms with Gasteiger partial charge in [0, 0.05) is 24.8 Å². The van der Waals surface area contributed by atoms with E-state index in [0.717, 1.165) is 48.1 Å². The summed E-state index contributed by atoms with van der Waals surface area (Å²) < 4.78 is 0. The molecular formula is C23H29N5O2S. The van der Waals surface area contributed by atoms with Crippen molar-refractivity contribution < 1.29 is 9.59 Å². The van der Waals surface area contributed by atoms with Crippen molar-refractivity contribution in [3.63, 3.8) is 0 Å². The highest BCUT2D eigenvalue weighted by molar-refractivity contribution is 7.14. The number of carbonyl (C=O) groups is 2. The van der Waals surface area contributed by atoms with Gasteiger partial charge in [0.2, 0.25) is 5.91 Å². The van der Waals surface area contributed by atoms with Crippen LogP contribution < -0.4 is 10.3 Å². The number of anilines is 2. The van der Waals surface area contributed by atoms with Gasteiger partial charge in [0.1, 0.15) is 5.71 Å². The minimum absolute atomic E-state index is 0.0994. The zero-order valence-corrected chi connectivity index (χ0v) is 19.2. The Labute approximate surface area is 187 Å². The van der Waals surface area contributed by atoms with Gasteiger partial charge >= 0.3 is 0 Å². The molecule has 31 heavy (non-hydrogen) atoms. The van der Waals surface area contributed by atoms with Crippen molar-refractivity contribution in [3.05, 3.63) is 40.4 Å². The molecule has 3 heterocycles. The number of carbonyl (C=O) groups excluding carboxylic acids is 2. The molecule has 0 unspecified atom stereocenters. The number of amides is 2. The number of nitrogens with one attached hydrogen (secondary N) is 1. The third-order valence-corrected chi connectivity index (χ3v) is 6.73. The molecular weight excluding hydrogens is 410 g/mol. The number of rotatable bonds is 5. The van der Waals surface area contributed by atoms with Crippen LogP contribution in [0.1, 0.15) is 49.4 Å². The Hall–Kier alpha value is -2.58. The van der Waals surface area contributed by atoms with Crippen molar-refractivity contribution in [2.24, 2.45) is 11.0 Å². The number of hydrogen-bond acceptors (Lipinski definition) is 6. The highest BCUT2D eigenvalue weighted by Gasteiger charge is 2.27. The number of nitrogens with zero attached hydrogens (tertiary/aromatic N) is 4. The van der Waals surface area contributed by atoms with Crippen LogP contribution in [-0.2, 0) is 16.1 Å². The molecule has 0 saturated carbocycles. The van der Waals surface area contributed by atoms with Gasteiger partial charge in [-0.25, -0.2) is 9.99 Å². The van der Waals surface area contributed by atoms with Crippen molar-refractivity contribution >= 4 is 39.7 Å². The Morgan fingerprint density at radius 3 is 2.77 bits per heavy atom. The zero-order chi connectivity index (χ0) is 22.0. The summed E-state index contributed by atoms with van der Waals surface area (Å²) in [5.41, 5.74) is 4.04. The first-order chi connectivity index (χ1) is 14.9. The highest BCUT2D eigenvalue weighted by Crippen LogP contribution is 2.26. The summed E-state index contributed by atoms with van der Waals surface area (Å²) in [6.45, 7) is 9.22. The number of hydrogen-bond donors (Lipinski definition) is 1. The molecule has 1 N–H and O–H groups in total. The molecule has 8 heteroatoms. The van der Waals surface area contributed by atoms with Gasteiger partial charge in [-0.1, -0.05) is 19.1 Å². The van der Waals surface area contributed by atoms with Crippen molar-refractivity contribution in [1.29, 1.82) is 0 Å². The Bertz CT molecular complexity index is 1010. The second-order valence-electron chi connectivity index (χ2n) is 8.60. The lowest BCUT2D eigenvalue weighted by Gasteiger charge is -2.29. The van der Waals surface area contributed by atoms with Gasteiger partial charge < -0.3 is 0 Å². The molecule has 4 rings (SSSR count). The smallest absolute Gasteiger partial charge is 0.273 e. The second kappa shape index (κ2) is 9.28. The summed E-state index contributed by atoms with van der Waals surface area (Å²) >= 11 is 1.43. The fraction of sp³-hybridized carbons (Fsp3) is 0.478. The molecule has 0 atom stereocenters. The van der Waals surface area contributed by atoms with Gasteiger partial charge in [-0.05, 0) is 62.9 Å². The number of aromatic nitrogens is 1. The van der Waals surface area contributed by atoms with Gasteiger partial charge in [-0.15, -0.1) is 11.3 Å². The SMILES string of the molecule is Cc1ccc(C)c(N2N=C(C(=O)Nc3nc(CN4CCC(C)CC4)cs3)CCC2=O)c1. The van der Waals surface area contributed by atoms with Crippen LogP contribution in [0.15, 0.2) is 28.7 Å². The van der Waals surface area contributed by atoms with Crippen molar-refractivity contribution in [3.8, 4) is 0 Å². The molecule has 0 radical (unpaired) electrons. The molecule has 1 saturated heterocycles. The molecule has 1 aromatic heterocycles. The van der Waals surface area contributed by atoms with E-state index in [1.807, 2.05) is 37.4 Å². The maximum atomic E-state index is 12.8. The van der Waals surface area contributed by atoms with E-state index in [2.05, 4.69) is 27.2 Å². The Morgan fingerprint density at radius 1 is 1.23 bits per heavy atom. The minimum Gasteiger partial charge on any atom is -0.297 e. The second-order valence-corrected chi connectivity index (χ2v) is 9.46. The molecule has 2 aromatic rings. The molecule has 0 bridgehead atoms. The van der Waals surface area contributed by atoms with E-state index in [4.69, 9.17) is 0 Å². The molecule has 2 aliphatic rings. The van der Waals surface area contributed by atoms with Crippen LogP contribution in [0.5, 0.6) is 0 Å². The number of piperidine rings is 1. The summed E-state index contributed by atoms with van der Waals surface area (Å²) in [6, 6.07) is 5.88. The minimum atomic E-state index is -0.296. The average Bonchev–Trinajstić information content (AvgIpc) is 3.18. The van der Waals surface area contributed by atoms with Gasteiger partial charge in [0.15, 0.2) is 5.13 Å². The molecule has 7 nitrogen and oxygen atoms in total. The van der Waals surface area contributed by atoms with E-state index >= 15 is 0 Å². The summed E-state index contributed by atoms with van der Waals surface area (Å²) in [5.74, 6) is 0.404. The predicted molar refractivity (Wildman–Crippen MR) is 124 cm³/mol. The van der Waals surface area contributed by atoms with Crippen LogP contribution in [-0.4, -0.2) is 40.5 Å². The number of aryl methyl sites for hydroxylation is 2. The summed E-state index contributed by atoms with van der Waals surface area (Å²) in [7, 11) is 0. The van der Waals surface area contributed by atoms with Gasteiger partial charge in [-0.2, -0.15) is 5.10 Å². The molecule has 1 fully saturated rings. The lowest BCUT2D eigenvalue weighted by molar-refractivity contribution is -0.118. The van der Waals surface area contributed by atoms with Crippen LogP contribution in [0.4, 0.5) is 10.8 Å². The number of hydrazone groups is 1. The van der Waals surface area contributed by atoms with E-state index in [-0.39, 0.29) is 18.2 Å². The molecule has 164 valence electrons. The van der Waals surface area contributed by atoms with E-state index in [0.29, 0.717) is 17.3 Å². The van der Waals surface area contributed by atoms with Crippen molar-refractivity contribution in [1.82, 2.24) is 9.88 Å². The van der Waals surface area contributed by atoms with Crippen molar-refractivity contribution in [2.45, 2.75) is 53.0 Å². The van der Waals surface area contributed by atoms with Crippen LogP contribution in [0, 0.1) is 19.8 Å². The molecule has 0 aliphatic carbocycles. The maximum Gasteiger partial charge on any atom is 0.273 e. The topological polar surface area (TPSA) is 77.9 Å². The highest BCUT2D eigenvalue weighted by atomic mass is 32.1. The van der Waals surface area contributed by atoms with Gasteiger partial charge in [0.25, 0.3) is 5.91 Å². The standard InChI is InChI=1S/C23H29N5O2S/c1-15-8-10-27(11-9-15)13-18-14-31-23(24-18)25-22(30)19-6-7-21(29)28(26-19)20-12-16(2)4-5-17(20)3/h4-5,12,14-15H,6-11,13H2,1-3H3,(H,24,25,30). The number of thiazole rings is 1. The monoisotopic (exact) mass is 439 g/mol. The molecule has 1 aromatic carbocycles. The lowest BCUT2D eigenvalue weighted by Crippen LogP contribution is -2.36. The fourth-order valence-electron chi connectivity index (χ4n) is 3.91. The first-order valence-corrected chi connectivity index (χ1v) is 11.7. The normalized spacial score (nSPS) is 18.2. The third-order valence-electron chi connectivity index (χ3n) is 5.92. The van der Waals surface area contributed by atoms with E-state index in [9.17, 15) is 9.59 Å². The van der Waals surface area contributed by atoms with Gasteiger partial charge in [-0.3, -0.25) is 19.8 Å². The molecule has 2 amide bonds. The van der Waals surface area contributed by atoms with Crippen molar-refractivity contribution in [2.75, 3.05) is 23.4 Å². The molecule has 0 spiro atoms. The zero-order valence-electron chi connectivity index (χ0n) is 18.4. The maximum absolute atomic E-state index is 12.8. The van der Waals surface area contributed by atoms with E-state index in [1.165, 1.54) is 29.2 Å². The number of benzene rings is 1. The van der Waals surface area contributed by atoms with E-state index < -0.39 is 0 Å². The van der Waals surface area contributed by atoms with Crippen LogP contribution in [0.3, 0.4) is 0 Å². The van der Waals surface area contributed by atoms with Crippen LogP contribution in [0.25, 0.3) is 0 Å². The van der Waals surface area contributed by atoms with Crippen LogP contribution in [0.2, 0.25) is 0 Å². The average molecular weight is 440 g/mol. The first-order valence-electron chi connectivity index (χ1n) is 10.8. The first kappa shape index (κ1) is 21.6. The third kappa shape index (κ3) is 5.19. The fourth-order valence-corrected chi connectivity index (χ4v) is 4.60. The summed E-state index contributed by atoms with van der Waals surface area (Å²) in [4.78, 5) is 32.3. The van der Waals surface area contributed by atoms with Crippen LogP contribution >= 0.6 is 11.3 Å². The van der Waals surface area contributed by atoms with E-state index in [1.54, 1.807) is 0 Å². The lowest BCUT2D eigenvalue weighted by atomic mass is 9.99. The summed E-state index contributed by atoms with van der Waals surface area (Å²) in [5, 5.41) is 11.2.